The van der Waals surface area contributed by atoms with Gasteiger partial charge in [-0.05, 0) is 42.5 Å². The summed E-state index contributed by atoms with van der Waals surface area (Å²) in [5, 5.41) is 10.4. The van der Waals surface area contributed by atoms with Crippen molar-refractivity contribution < 1.29 is 22.4 Å². The molecule has 146 valence electrons. The Balaban J connectivity index is 1.70. The maximum Gasteiger partial charge on any atom is 0.416 e. The Morgan fingerprint density at radius 2 is 1.76 bits per heavy atom. The van der Waals surface area contributed by atoms with Gasteiger partial charge in [0.1, 0.15) is 5.82 Å². The lowest BCUT2D eigenvalue weighted by molar-refractivity contribution is -0.137. The maximum atomic E-state index is 14.1. The van der Waals surface area contributed by atoms with Gasteiger partial charge in [-0.1, -0.05) is 18.2 Å². The molecule has 4 rings (SSSR count). The van der Waals surface area contributed by atoms with Crippen molar-refractivity contribution in [2.75, 3.05) is 5.32 Å². The summed E-state index contributed by atoms with van der Waals surface area (Å²) in [7, 11) is 0. The molecule has 1 N–H and O–H groups in total. The van der Waals surface area contributed by atoms with Gasteiger partial charge in [-0.25, -0.2) is 4.39 Å². The smallest absolute Gasteiger partial charge is 0.322 e. The molecule has 0 atom stereocenters. The second-order valence-electron chi connectivity index (χ2n) is 6.15. The summed E-state index contributed by atoms with van der Waals surface area (Å²) < 4.78 is 54.2. The highest BCUT2D eigenvalue weighted by Crippen LogP contribution is 2.31. The van der Waals surface area contributed by atoms with E-state index >= 15 is 0 Å². The Morgan fingerprint density at radius 1 is 0.966 bits per heavy atom. The monoisotopic (exact) mass is 400 g/mol. The van der Waals surface area contributed by atoms with E-state index in [1.807, 2.05) is 0 Å². The summed E-state index contributed by atoms with van der Waals surface area (Å²) in [6.45, 7) is 0. The van der Waals surface area contributed by atoms with Gasteiger partial charge < -0.3 is 5.32 Å². The average molecular weight is 400 g/mol. The molecule has 0 saturated heterocycles. The Bertz CT molecular complexity index is 1220. The lowest BCUT2D eigenvalue weighted by Gasteiger charge is -2.10. The molecule has 1 amide bonds. The van der Waals surface area contributed by atoms with Crippen LogP contribution in [0.3, 0.4) is 0 Å². The fourth-order valence-corrected chi connectivity index (χ4v) is 2.89. The van der Waals surface area contributed by atoms with Crippen molar-refractivity contribution in [3.63, 3.8) is 0 Å². The Morgan fingerprint density at radius 3 is 2.52 bits per heavy atom. The molecule has 9 heteroatoms. The fraction of sp³-hybridized carbons (Fsp3) is 0.0500. The van der Waals surface area contributed by atoms with E-state index in [4.69, 9.17) is 0 Å². The normalized spacial score (nSPS) is 11.6. The molecule has 29 heavy (non-hydrogen) atoms. The fourth-order valence-electron chi connectivity index (χ4n) is 2.89. The first-order valence-electron chi connectivity index (χ1n) is 8.42. The summed E-state index contributed by atoms with van der Waals surface area (Å²) in [6.07, 6.45) is -2.96. The number of amides is 1. The lowest BCUT2D eigenvalue weighted by atomic mass is 10.1. The van der Waals surface area contributed by atoms with Gasteiger partial charge in [0.15, 0.2) is 11.5 Å². The third kappa shape index (κ3) is 3.54. The topological polar surface area (TPSA) is 59.3 Å². The molecule has 4 aromatic rings. The molecule has 0 saturated carbocycles. The van der Waals surface area contributed by atoms with Crippen LogP contribution in [0.15, 0.2) is 66.9 Å². The second kappa shape index (κ2) is 7.01. The van der Waals surface area contributed by atoms with Gasteiger partial charge in [-0.2, -0.15) is 13.2 Å². The van der Waals surface area contributed by atoms with Crippen LogP contribution in [0.25, 0.3) is 17.0 Å². The van der Waals surface area contributed by atoms with Crippen molar-refractivity contribution in [3.05, 3.63) is 83.8 Å². The Hall–Kier alpha value is -3.75. The molecular formula is C20H12F4N4O. The third-order valence-electron chi connectivity index (χ3n) is 4.24. The zero-order valence-electron chi connectivity index (χ0n) is 14.6. The molecule has 0 aliphatic carbocycles. The minimum Gasteiger partial charge on any atom is -0.322 e. The number of fused-ring (bicyclic) bond motifs is 1. The highest BCUT2D eigenvalue weighted by Gasteiger charge is 2.30. The first-order chi connectivity index (χ1) is 13.8. The average Bonchev–Trinajstić information content (AvgIpc) is 3.12. The van der Waals surface area contributed by atoms with Crippen LogP contribution in [0.5, 0.6) is 0 Å². The van der Waals surface area contributed by atoms with Crippen LogP contribution in [0.1, 0.15) is 15.9 Å². The molecule has 5 nitrogen and oxygen atoms in total. The Kier molecular flexibility index (Phi) is 4.50. The number of alkyl halides is 3. The molecule has 0 fully saturated rings. The molecule has 0 radical (unpaired) electrons. The highest BCUT2D eigenvalue weighted by atomic mass is 19.4. The number of anilines is 1. The second-order valence-corrected chi connectivity index (χ2v) is 6.15. The van der Waals surface area contributed by atoms with Crippen LogP contribution in [-0.4, -0.2) is 20.5 Å². The van der Waals surface area contributed by atoms with Crippen LogP contribution >= 0.6 is 0 Å². The van der Waals surface area contributed by atoms with E-state index in [0.29, 0.717) is 0 Å². The molecule has 0 aliphatic rings. The van der Waals surface area contributed by atoms with E-state index in [0.717, 1.165) is 12.1 Å². The van der Waals surface area contributed by atoms with Gasteiger partial charge in [0.05, 0.1) is 16.7 Å². The van der Waals surface area contributed by atoms with E-state index in [1.54, 1.807) is 18.3 Å². The van der Waals surface area contributed by atoms with Gasteiger partial charge >= 0.3 is 6.18 Å². The number of hydrogen-bond donors (Lipinski definition) is 1. The van der Waals surface area contributed by atoms with Crippen molar-refractivity contribution in [1.29, 1.82) is 0 Å². The van der Waals surface area contributed by atoms with Gasteiger partial charge in [0.25, 0.3) is 5.91 Å². The van der Waals surface area contributed by atoms with Crippen molar-refractivity contribution in [2.45, 2.75) is 6.18 Å². The minimum absolute atomic E-state index is 0.0133. The van der Waals surface area contributed by atoms with Crippen LogP contribution in [0, 0.1) is 5.82 Å². The lowest BCUT2D eigenvalue weighted by Crippen LogP contribution is -2.14. The molecular weight excluding hydrogens is 388 g/mol. The Labute approximate surface area is 161 Å². The number of pyridine rings is 1. The number of nitrogens with one attached hydrogen (secondary N) is 1. The summed E-state index contributed by atoms with van der Waals surface area (Å²) >= 11 is 0. The van der Waals surface area contributed by atoms with Gasteiger partial charge in [-0.3, -0.25) is 9.20 Å². The molecule has 2 aromatic heterocycles. The van der Waals surface area contributed by atoms with Crippen LogP contribution in [-0.2, 0) is 6.18 Å². The maximum absolute atomic E-state index is 14.1. The molecule has 0 aliphatic heterocycles. The predicted octanol–water partition coefficient (Wildman–Crippen LogP) is 4.81. The largest absolute Gasteiger partial charge is 0.416 e. The van der Waals surface area contributed by atoms with E-state index in [-0.39, 0.29) is 28.3 Å². The quantitative estimate of drug-likeness (QED) is 0.503. The number of benzene rings is 2. The van der Waals surface area contributed by atoms with Gasteiger partial charge in [0.2, 0.25) is 0 Å². The summed E-state index contributed by atoms with van der Waals surface area (Å²) in [5.41, 5.74) is -0.454. The third-order valence-corrected chi connectivity index (χ3v) is 4.24. The molecule has 2 heterocycles. The number of halogens is 4. The van der Waals surface area contributed by atoms with Crippen LogP contribution in [0.2, 0.25) is 0 Å². The minimum atomic E-state index is -4.53. The summed E-state index contributed by atoms with van der Waals surface area (Å²) in [6, 6.07) is 13.3. The van der Waals surface area contributed by atoms with E-state index in [2.05, 4.69) is 15.5 Å². The summed E-state index contributed by atoms with van der Waals surface area (Å²) in [4.78, 5) is 12.7. The zero-order chi connectivity index (χ0) is 20.6. The van der Waals surface area contributed by atoms with Gasteiger partial charge in [-0.15, -0.1) is 10.2 Å². The van der Waals surface area contributed by atoms with Crippen LogP contribution < -0.4 is 5.32 Å². The number of carbonyl (C=O) groups is 1. The predicted molar refractivity (Wildman–Crippen MR) is 97.8 cm³/mol. The number of carbonyl (C=O) groups excluding carboxylic acids is 1. The van der Waals surface area contributed by atoms with Crippen molar-refractivity contribution in [3.8, 4) is 11.4 Å². The molecule has 0 bridgehead atoms. The molecule has 0 spiro atoms. The van der Waals surface area contributed by atoms with Crippen molar-refractivity contribution in [1.82, 2.24) is 14.6 Å². The number of aromatic nitrogens is 3. The highest BCUT2D eigenvalue weighted by molar-refractivity contribution is 6.08. The van der Waals surface area contributed by atoms with Gasteiger partial charge in [0, 0.05) is 11.9 Å². The number of nitrogens with zero attached hydrogens (tertiary/aromatic N) is 3. The summed E-state index contributed by atoms with van der Waals surface area (Å²) in [5.74, 6) is -0.963. The standard InChI is InChI=1S/C20H12F4N4O/c21-16-9-2-1-7-14(16)17-26-27-18-15(8-4-10-28(17)18)19(29)25-13-6-3-5-12(11-13)20(22,23)24/h1-11H,(H,25,29). The molecule has 0 unspecified atom stereocenters. The van der Waals surface area contributed by atoms with Crippen LogP contribution in [0.4, 0.5) is 23.2 Å². The van der Waals surface area contributed by atoms with E-state index in [1.165, 1.54) is 40.8 Å². The molecule has 2 aromatic carbocycles. The number of hydrogen-bond acceptors (Lipinski definition) is 3. The first-order valence-corrected chi connectivity index (χ1v) is 8.42. The van der Waals surface area contributed by atoms with E-state index < -0.39 is 23.5 Å². The van der Waals surface area contributed by atoms with Crippen molar-refractivity contribution >= 4 is 17.2 Å². The SMILES string of the molecule is O=C(Nc1cccc(C(F)(F)F)c1)c1cccn2c(-c3ccccc3F)nnc12. The zero-order valence-corrected chi connectivity index (χ0v) is 14.6. The van der Waals surface area contributed by atoms with Crippen molar-refractivity contribution in [2.24, 2.45) is 0 Å². The van der Waals surface area contributed by atoms with E-state index in [9.17, 15) is 22.4 Å². The first kappa shape index (κ1) is 18.6. The number of rotatable bonds is 3.